The Labute approximate surface area is 512 Å². The van der Waals surface area contributed by atoms with E-state index in [1.165, 1.54) is 296 Å². The van der Waals surface area contributed by atoms with Gasteiger partial charge in [-0.25, -0.2) is 0 Å². The molecule has 0 amide bonds. The molecule has 0 aromatic heterocycles. The van der Waals surface area contributed by atoms with E-state index in [2.05, 4.69) is 62.1 Å². The van der Waals surface area contributed by atoms with Gasteiger partial charge in [-0.2, -0.15) is 0 Å². The molecule has 24 unspecified atom stereocenters. The van der Waals surface area contributed by atoms with Crippen molar-refractivity contribution in [2.75, 3.05) is 52.4 Å². The van der Waals surface area contributed by atoms with E-state index in [1.54, 1.807) is 0 Å². The second kappa shape index (κ2) is 26.6. The van der Waals surface area contributed by atoms with Gasteiger partial charge in [-0.1, -0.05) is 77.0 Å². The van der Waals surface area contributed by atoms with Crippen LogP contribution in [0, 0.1) is 82.9 Å². The summed E-state index contributed by atoms with van der Waals surface area (Å²) in [6, 6.07) is 2.49. The first kappa shape index (κ1) is 58.6. The zero-order chi connectivity index (χ0) is 55.5. The molecule has 16 aliphatic rings. The van der Waals surface area contributed by atoms with E-state index >= 15 is 0 Å². The van der Waals surface area contributed by atoms with Crippen LogP contribution in [0.5, 0.6) is 0 Å². The SMILES string of the molecule is C1CCC(N(C2CC(N(C3CCCCN3)C3NCCC4CCCCC43)C3CCC4C5C(CCC2C35)C(N(C2CCCCN2)C2NCCC3CCCCC32)CC4N(C2CCCCN2)C2NCCC3CCCCC32)C2NCCC3CCCCC32)NC1. The quantitative estimate of drug-likeness (QED) is 0.0954. The molecule has 8 saturated carbocycles. The molecule has 8 heterocycles. The first-order valence-corrected chi connectivity index (χ1v) is 38.7. The standard InChI is InChI=1S/C72H126N12/c1-5-21-51-47(17-1)33-41-77-69(51)81(63-25-9-13-37-73-63)59-45-60(82(64-26-10-14-38-74-64)70-52-22-6-2-18-48(52)34-42-78-70)56-31-32-58-62(84(66-28-12-16-40-76-66)72-54-24-8-4-20-50(54)36-44-80-72)46-61(57-30-29-55(59)67(56)68(57)58)83(65-27-11-15-39-75-65)71-53-23-7-3-19-49(53)35-43-79-71/h47-80H,1-46H2. The molecule has 8 aliphatic heterocycles. The summed E-state index contributed by atoms with van der Waals surface area (Å²) in [5.41, 5.74) is 0. The van der Waals surface area contributed by atoms with E-state index in [9.17, 15) is 0 Å². The van der Waals surface area contributed by atoms with Crippen molar-refractivity contribution in [2.45, 2.75) is 317 Å². The lowest BCUT2D eigenvalue weighted by molar-refractivity contribution is -0.210. The third-order valence-corrected chi connectivity index (χ3v) is 29.4. The summed E-state index contributed by atoms with van der Waals surface area (Å²) in [6.45, 7) is 9.77. The van der Waals surface area contributed by atoms with Gasteiger partial charge in [-0.3, -0.25) is 19.6 Å². The number of nitrogens with zero attached hydrogens (tertiary/aromatic N) is 4. The van der Waals surface area contributed by atoms with Crippen LogP contribution in [0.15, 0.2) is 0 Å². The molecule has 0 aromatic carbocycles. The molecule has 16 fully saturated rings. The predicted octanol–water partition coefficient (Wildman–Crippen LogP) is 10.7. The summed E-state index contributed by atoms with van der Waals surface area (Å²) in [5.74, 6) is 11.5. The van der Waals surface area contributed by atoms with Crippen LogP contribution >= 0.6 is 0 Å². The Morgan fingerprint density at radius 3 is 0.667 bits per heavy atom. The van der Waals surface area contributed by atoms with Gasteiger partial charge in [0.25, 0.3) is 0 Å². The third-order valence-electron chi connectivity index (χ3n) is 29.4. The zero-order valence-electron chi connectivity index (χ0n) is 53.3. The molecule has 16 rings (SSSR count). The van der Waals surface area contributed by atoms with Gasteiger partial charge in [0, 0.05) is 24.2 Å². The van der Waals surface area contributed by atoms with Crippen LogP contribution in [0.3, 0.4) is 0 Å². The number of nitrogens with one attached hydrogen (secondary N) is 8. The molecule has 8 aliphatic carbocycles. The van der Waals surface area contributed by atoms with Crippen molar-refractivity contribution in [1.82, 2.24) is 62.1 Å². The van der Waals surface area contributed by atoms with E-state index in [1.807, 2.05) is 0 Å². The van der Waals surface area contributed by atoms with Gasteiger partial charge < -0.3 is 42.5 Å². The molecule has 0 spiro atoms. The van der Waals surface area contributed by atoms with Crippen LogP contribution in [0.2, 0.25) is 0 Å². The lowest BCUT2D eigenvalue weighted by Crippen LogP contribution is -2.76. The maximum Gasteiger partial charge on any atom is 0.0645 e. The average Bonchev–Trinajstić information content (AvgIpc) is 1.18. The lowest BCUT2D eigenvalue weighted by Gasteiger charge is -2.70. The van der Waals surface area contributed by atoms with Gasteiger partial charge in [0.15, 0.2) is 0 Å². The maximum absolute atomic E-state index is 4.55. The van der Waals surface area contributed by atoms with Crippen LogP contribution in [0.25, 0.3) is 0 Å². The highest BCUT2D eigenvalue weighted by Crippen LogP contribution is 2.64. The van der Waals surface area contributed by atoms with E-state index in [0.717, 1.165) is 82.9 Å². The van der Waals surface area contributed by atoms with Crippen LogP contribution in [0.4, 0.5) is 0 Å². The Balaban J connectivity index is 0.867. The van der Waals surface area contributed by atoms with Crippen LogP contribution < -0.4 is 42.5 Å². The minimum atomic E-state index is 0.502. The topological polar surface area (TPSA) is 109 Å². The molecule has 0 aromatic rings. The highest BCUT2D eigenvalue weighted by Gasteiger charge is 2.66. The van der Waals surface area contributed by atoms with Crippen LogP contribution in [-0.4, -0.2) is 145 Å². The number of rotatable bonds is 12. The van der Waals surface area contributed by atoms with Crippen molar-refractivity contribution in [1.29, 1.82) is 0 Å². The van der Waals surface area contributed by atoms with E-state index in [-0.39, 0.29) is 0 Å². The summed E-state index contributed by atoms with van der Waals surface area (Å²) < 4.78 is 0. The summed E-state index contributed by atoms with van der Waals surface area (Å²) in [6.07, 6.45) is 58.2. The molecule has 12 heteroatoms. The number of fused-ring (bicyclic) bond motifs is 4. The van der Waals surface area contributed by atoms with Gasteiger partial charge in [0.2, 0.25) is 0 Å². The van der Waals surface area contributed by atoms with Crippen molar-refractivity contribution < 1.29 is 0 Å². The molecule has 8 saturated heterocycles. The summed E-state index contributed by atoms with van der Waals surface area (Å²) in [5, 5.41) is 36.0. The molecular formula is C72H126N12. The molecule has 84 heavy (non-hydrogen) atoms. The largest absolute Gasteiger partial charge is 0.302 e. The first-order valence-electron chi connectivity index (χ1n) is 38.7. The Morgan fingerprint density at radius 1 is 0.190 bits per heavy atom. The summed E-state index contributed by atoms with van der Waals surface area (Å²) in [7, 11) is 0. The van der Waals surface area contributed by atoms with Gasteiger partial charge >= 0.3 is 0 Å². The van der Waals surface area contributed by atoms with E-state index in [4.69, 9.17) is 0 Å². The van der Waals surface area contributed by atoms with Crippen LogP contribution in [-0.2, 0) is 0 Å². The average molecular weight is 1160 g/mol. The van der Waals surface area contributed by atoms with Crippen molar-refractivity contribution >= 4 is 0 Å². The third kappa shape index (κ3) is 11.2. The van der Waals surface area contributed by atoms with Gasteiger partial charge in [-0.05, 0) is 302 Å². The van der Waals surface area contributed by atoms with Crippen molar-refractivity contribution in [2.24, 2.45) is 82.9 Å². The fraction of sp³-hybridized carbons (Fsp3) is 1.00. The maximum atomic E-state index is 4.55. The predicted molar refractivity (Wildman–Crippen MR) is 341 cm³/mol. The number of hydrogen-bond donors (Lipinski definition) is 8. The molecule has 12 nitrogen and oxygen atoms in total. The van der Waals surface area contributed by atoms with E-state index < -0.39 is 0 Å². The van der Waals surface area contributed by atoms with Crippen LogP contribution in [0.1, 0.15) is 244 Å². The second-order valence-electron chi connectivity index (χ2n) is 32.9. The van der Waals surface area contributed by atoms with E-state index in [0.29, 0.717) is 73.5 Å². The number of hydrogen-bond acceptors (Lipinski definition) is 12. The Kier molecular flexibility index (Phi) is 18.6. The van der Waals surface area contributed by atoms with Gasteiger partial charge in [0.1, 0.15) is 0 Å². The molecule has 0 bridgehead atoms. The molecule has 474 valence electrons. The second-order valence-corrected chi connectivity index (χ2v) is 32.9. The molecule has 0 radical (unpaired) electrons. The van der Waals surface area contributed by atoms with Crippen molar-refractivity contribution in [3.05, 3.63) is 0 Å². The summed E-state index contributed by atoms with van der Waals surface area (Å²) >= 11 is 0. The smallest absolute Gasteiger partial charge is 0.0645 e. The Bertz CT molecular complexity index is 1800. The zero-order valence-corrected chi connectivity index (χ0v) is 53.3. The molecule has 8 N–H and O–H groups in total. The minimum Gasteiger partial charge on any atom is -0.302 e. The van der Waals surface area contributed by atoms with Gasteiger partial charge in [-0.15, -0.1) is 0 Å². The molecular weight excluding hydrogens is 1030 g/mol. The number of piperidine rings is 8. The highest BCUT2D eigenvalue weighted by atomic mass is 15.4. The fourth-order valence-electron chi connectivity index (χ4n) is 26.2. The summed E-state index contributed by atoms with van der Waals surface area (Å²) in [4.78, 5) is 13.7. The Morgan fingerprint density at radius 2 is 0.429 bits per heavy atom. The normalized spacial score (nSPS) is 50.1. The molecule has 24 atom stereocenters. The first-order chi connectivity index (χ1) is 41.7. The van der Waals surface area contributed by atoms with Gasteiger partial charge in [0.05, 0.1) is 49.3 Å². The monoisotopic (exact) mass is 1160 g/mol. The van der Waals surface area contributed by atoms with Crippen molar-refractivity contribution in [3.8, 4) is 0 Å². The minimum absolute atomic E-state index is 0.502. The fourth-order valence-corrected chi connectivity index (χ4v) is 26.2. The highest BCUT2D eigenvalue weighted by molar-refractivity contribution is 5.17. The van der Waals surface area contributed by atoms with Crippen molar-refractivity contribution in [3.63, 3.8) is 0 Å². The Hall–Kier alpha value is -0.480. The lowest BCUT2D eigenvalue weighted by atomic mass is 9.44.